The Morgan fingerprint density at radius 2 is 2.00 bits per heavy atom. The number of aryl methyl sites for hydroxylation is 1. The van der Waals surface area contributed by atoms with Gasteiger partial charge in [-0.05, 0) is 56.0 Å². The van der Waals surface area contributed by atoms with Crippen LogP contribution < -0.4 is 10.1 Å². The van der Waals surface area contributed by atoms with Gasteiger partial charge in [-0.2, -0.15) is 0 Å². The van der Waals surface area contributed by atoms with Gasteiger partial charge in [-0.15, -0.1) is 0 Å². The summed E-state index contributed by atoms with van der Waals surface area (Å²) in [5.74, 6) is 1.73. The maximum absolute atomic E-state index is 5.36. The molecular weight excluding hydrogens is 186 g/mol. The van der Waals surface area contributed by atoms with Crippen molar-refractivity contribution in [2.75, 3.05) is 20.2 Å². The van der Waals surface area contributed by atoms with Crippen molar-refractivity contribution in [2.45, 2.75) is 25.7 Å². The zero-order valence-corrected chi connectivity index (χ0v) is 9.55. The van der Waals surface area contributed by atoms with Gasteiger partial charge in [-0.1, -0.05) is 12.1 Å². The molecule has 1 aliphatic rings. The average Bonchev–Trinajstić information content (AvgIpc) is 2.31. The van der Waals surface area contributed by atoms with Gasteiger partial charge in [0.2, 0.25) is 0 Å². The van der Waals surface area contributed by atoms with Crippen molar-refractivity contribution in [3.8, 4) is 5.75 Å². The lowest BCUT2D eigenvalue weighted by Gasteiger charge is -2.23. The van der Waals surface area contributed by atoms with Crippen LogP contribution in [0.15, 0.2) is 18.2 Å². The summed E-state index contributed by atoms with van der Waals surface area (Å²) in [5.41, 5.74) is 2.65. The lowest BCUT2D eigenvalue weighted by Crippen LogP contribution is -2.26. The Balaban J connectivity index is 2.20. The number of hydrogen-bond donors (Lipinski definition) is 1. The molecule has 1 aromatic rings. The summed E-state index contributed by atoms with van der Waals surface area (Å²) in [6, 6.07) is 6.61. The predicted molar refractivity (Wildman–Crippen MR) is 62.6 cm³/mol. The molecule has 1 aliphatic heterocycles. The molecule has 1 saturated heterocycles. The highest BCUT2D eigenvalue weighted by molar-refractivity contribution is 5.38. The van der Waals surface area contributed by atoms with Crippen molar-refractivity contribution in [1.29, 1.82) is 0 Å². The first kappa shape index (κ1) is 10.5. The first-order valence-corrected chi connectivity index (χ1v) is 5.66. The highest BCUT2D eigenvalue weighted by Gasteiger charge is 2.15. The second kappa shape index (κ2) is 4.67. The van der Waals surface area contributed by atoms with Crippen LogP contribution in [0, 0.1) is 6.92 Å². The van der Waals surface area contributed by atoms with E-state index >= 15 is 0 Å². The van der Waals surface area contributed by atoms with Gasteiger partial charge < -0.3 is 10.1 Å². The molecule has 15 heavy (non-hydrogen) atoms. The Bertz CT molecular complexity index is 329. The molecule has 0 amide bonds. The fraction of sp³-hybridized carbons (Fsp3) is 0.538. The molecule has 2 nitrogen and oxygen atoms in total. The smallest absolute Gasteiger partial charge is 0.122 e. The first-order chi connectivity index (χ1) is 7.31. The van der Waals surface area contributed by atoms with Crippen LogP contribution in [0.1, 0.15) is 29.9 Å². The number of ether oxygens (including phenoxy) is 1. The largest absolute Gasteiger partial charge is 0.496 e. The Morgan fingerprint density at radius 1 is 1.27 bits per heavy atom. The van der Waals surface area contributed by atoms with E-state index in [0.717, 1.165) is 18.8 Å². The number of nitrogens with one attached hydrogen (secondary N) is 1. The van der Waals surface area contributed by atoms with Gasteiger partial charge in [0.15, 0.2) is 0 Å². The first-order valence-electron chi connectivity index (χ1n) is 5.66. The Morgan fingerprint density at radius 3 is 2.67 bits per heavy atom. The summed E-state index contributed by atoms with van der Waals surface area (Å²) in [7, 11) is 1.74. The van der Waals surface area contributed by atoms with E-state index in [1.165, 1.54) is 24.0 Å². The zero-order chi connectivity index (χ0) is 10.7. The molecule has 1 aromatic carbocycles. The van der Waals surface area contributed by atoms with Crippen molar-refractivity contribution in [1.82, 2.24) is 5.32 Å². The molecule has 0 aromatic heterocycles. The molecule has 0 unspecified atom stereocenters. The third kappa shape index (κ3) is 2.32. The molecule has 1 fully saturated rings. The van der Waals surface area contributed by atoms with E-state index in [0.29, 0.717) is 5.92 Å². The van der Waals surface area contributed by atoms with Crippen LogP contribution in [0.4, 0.5) is 0 Å². The maximum Gasteiger partial charge on any atom is 0.122 e. The van der Waals surface area contributed by atoms with Crippen molar-refractivity contribution in [3.05, 3.63) is 29.3 Å². The summed E-state index contributed by atoms with van der Waals surface area (Å²) in [6.07, 6.45) is 2.48. The highest BCUT2D eigenvalue weighted by atomic mass is 16.5. The molecule has 0 atom stereocenters. The van der Waals surface area contributed by atoms with Crippen LogP contribution in [0.3, 0.4) is 0 Å². The summed E-state index contributed by atoms with van der Waals surface area (Å²) in [4.78, 5) is 0. The maximum atomic E-state index is 5.36. The minimum atomic E-state index is 0.709. The van der Waals surface area contributed by atoms with Gasteiger partial charge in [0.25, 0.3) is 0 Å². The van der Waals surface area contributed by atoms with E-state index in [4.69, 9.17) is 4.74 Å². The molecule has 0 bridgehead atoms. The molecule has 0 spiro atoms. The zero-order valence-electron chi connectivity index (χ0n) is 9.55. The normalized spacial score (nSPS) is 17.7. The lowest BCUT2D eigenvalue weighted by atomic mass is 9.89. The Labute approximate surface area is 91.6 Å². The fourth-order valence-electron chi connectivity index (χ4n) is 2.25. The van der Waals surface area contributed by atoms with Crippen LogP contribution >= 0.6 is 0 Å². The van der Waals surface area contributed by atoms with Gasteiger partial charge in [0.05, 0.1) is 7.11 Å². The van der Waals surface area contributed by atoms with Crippen molar-refractivity contribution in [2.24, 2.45) is 0 Å². The lowest BCUT2D eigenvalue weighted by molar-refractivity contribution is 0.408. The standard InChI is InChI=1S/C13H19NO/c1-10-3-4-12(9-13(10)15-2)11-5-7-14-8-6-11/h3-4,9,11,14H,5-8H2,1-2H3. The summed E-state index contributed by atoms with van der Waals surface area (Å²) < 4.78 is 5.36. The topological polar surface area (TPSA) is 21.3 Å². The van der Waals surface area contributed by atoms with Gasteiger partial charge in [0, 0.05) is 0 Å². The SMILES string of the molecule is COc1cc(C2CCNCC2)ccc1C. The quantitative estimate of drug-likeness (QED) is 0.801. The predicted octanol–water partition coefficient (Wildman–Crippen LogP) is 2.47. The van der Waals surface area contributed by atoms with Crippen molar-refractivity contribution >= 4 is 0 Å². The van der Waals surface area contributed by atoms with E-state index < -0.39 is 0 Å². The number of rotatable bonds is 2. The van der Waals surface area contributed by atoms with E-state index in [2.05, 4.69) is 30.4 Å². The average molecular weight is 205 g/mol. The van der Waals surface area contributed by atoms with Crippen LogP contribution in [-0.2, 0) is 0 Å². The van der Waals surface area contributed by atoms with Crippen LogP contribution in [0.25, 0.3) is 0 Å². The number of piperidine rings is 1. The summed E-state index contributed by atoms with van der Waals surface area (Å²) in [6.45, 7) is 4.37. The van der Waals surface area contributed by atoms with Gasteiger partial charge in [0.1, 0.15) is 5.75 Å². The Hall–Kier alpha value is -1.02. The minimum absolute atomic E-state index is 0.709. The van der Waals surface area contributed by atoms with Crippen molar-refractivity contribution in [3.63, 3.8) is 0 Å². The number of benzene rings is 1. The molecular formula is C13H19NO. The van der Waals surface area contributed by atoms with E-state index in [1.54, 1.807) is 7.11 Å². The molecule has 0 radical (unpaired) electrons. The molecule has 0 aliphatic carbocycles. The van der Waals surface area contributed by atoms with Gasteiger partial charge >= 0.3 is 0 Å². The molecule has 2 heteroatoms. The third-order valence-corrected chi connectivity index (χ3v) is 3.24. The fourth-order valence-corrected chi connectivity index (χ4v) is 2.25. The second-order valence-corrected chi connectivity index (χ2v) is 4.25. The highest BCUT2D eigenvalue weighted by Crippen LogP contribution is 2.29. The van der Waals surface area contributed by atoms with E-state index in [1.807, 2.05) is 0 Å². The molecule has 2 rings (SSSR count). The number of hydrogen-bond acceptors (Lipinski definition) is 2. The minimum Gasteiger partial charge on any atom is -0.496 e. The van der Waals surface area contributed by atoms with Crippen LogP contribution in [-0.4, -0.2) is 20.2 Å². The summed E-state index contributed by atoms with van der Waals surface area (Å²) >= 11 is 0. The molecule has 1 heterocycles. The van der Waals surface area contributed by atoms with E-state index in [9.17, 15) is 0 Å². The molecule has 82 valence electrons. The second-order valence-electron chi connectivity index (χ2n) is 4.25. The van der Waals surface area contributed by atoms with Crippen LogP contribution in [0.2, 0.25) is 0 Å². The third-order valence-electron chi connectivity index (χ3n) is 3.24. The molecule has 0 saturated carbocycles. The van der Waals surface area contributed by atoms with Gasteiger partial charge in [-0.3, -0.25) is 0 Å². The van der Waals surface area contributed by atoms with Crippen LogP contribution in [0.5, 0.6) is 5.75 Å². The van der Waals surface area contributed by atoms with Crippen molar-refractivity contribution < 1.29 is 4.74 Å². The molecule has 1 N–H and O–H groups in total. The Kier molecular flexibility index (Phi) is 3.27. The monoisotopic (exact) mass is 205 g/mol. The van der Waals surface area contributed by atoms with Gasteiger partial charge in [-0.25, -0.2) is 0 Å². The summed E-state index contributed by atoms with van der Waals surface area (Å²) in [5, 5.41) is 3.39. The van der Waals surface area contributed by atoms with E-state index in [-0.39, 0.29) is 0 Å². The number of methoxy groups -OCH3 is 1.